The topological polar surface area (TPSA) is 129 Å². The number of likely N-dealkylation sites (N-methyl/N-ethyl adjacent to an activating group) is 1. The largest absolute Gasteiger partial charge is 0.341 e. The van der Waals surface area contributed by atoms with Gasteiger partial charge in [0.05, 0.1) is 5.69 Å². The normalized spacial score (nSPS) is 22.9. The van der Waals surface area contributed by atoms with Gasteiger partial charge in [-0.25, -0.2) is 8.78 Å². The average molecular weight is 656 g/mol. The Bertz CT molecular complexity index is 1460. The van der Waals surface area contributed by atoms with E-state index in [-0.39, 0.29) is 30.4 Å². The fraction of sp³-hybridized carbons (Fsp3) is 0.618. The number of hydrogen-bond acceptors (Lipinski definition) is 6. The zero-order valence-electron chi connectivity index (χ0n) is 27.7. The van der Waals surface area contributed by atoms with E-state index in [1.54, 1.807) is 28.6 Å². The molecule has 3 atom stereocenters. The number of aromatic nitrogens is 2. The maximum atomic E-state index is 15.7. The van der Waals surface area contributed by atoms with Gasteiger partial charge in [0.15, 0.2) is 5.67 Å². The molecule has 3 N–H and O–H groups in total. The Morgan fingerprint density at radius 3 is 2.32 bits per heavy atom. The molecule has 3 fully saturated rings. The smallest absolute Gasteiger partial charge is 0.270 e. The Labute approximate surface area is 274 Å². The first-order chi connectivity index (χ1) is 22.4. The summed E-state index contributed by atoms with van der Waals surface area (Å²) >= 11 is 0. The van der Waals surface area contributed by atoms with Crippen LogP contribution in [0.2, 0.25) is 0 Å². The minimum atomic E-state index is -1.97. The fourth-order valence-electron chi connectivity index (χ4n) is 6.56. The molecule has 0 bridgehead atoms. The monoisotopic (exact) mass is 655 g/mol. The predicted octanol–water partition coefficient (Wildman–Crippen LogP) is 3.47. The van der Waals surface area contributed by atoms with Crippen LogP contribution in [0.25, 0.3) is 0 Å². The van der Waals surface area contributed by atoms with Crippen LogP contribution in [0.4, 0.5) is 14.5 Å². The molecule has 5 rings (SSSR count). The first-order valence-electron chi connectivity index (χ1n) is 16.8. The predicted molar refractivity (Wildman–Crippen MR) is 173 cm³/mol. The first-order valence-corrected chi connectivity index (χ1v) is 16.8. The molecule has 3 aliphatic rings. The van der Waals surface area contributed by atoms with E-state index in [2.05, 4.69) is 32.9 Å². The van der Waals surface area contributed by atoms with Gasteiger partial charge in [-0.2, -0.15) is 5.10 Å². The lowest BCUT2D eigenvalue weighted by Crippen LogP contribution is -2.56. The number of hydrogen-bond donors (Lipinski definition) is 3. The number of rotatable bonds is 11. The van der Waals surface area contributed by atoms with E-state index in [0.29, 0.717) is 49.9 Å². The third-order valence-corrected chi connectivity index (χ3v) is 10.1. The SMILES string of the molecule is CCn1nccc1C(=O)N[C@@H](C(=O)Nc1ccc([C@@H](C)[C@H](NC(=O)C2(F)CC2)C(=O)N2CCN(C)CC2)cc1F)C1CCC(C)CC1. The molecule has 1 aromatic carbocycles. The van der Waals surface area contributed by atoms with Crippen LogP contribution in [-0.4, -0.2) is 94.2 Å². The molecule has 2 heterocycles. The molecule has 256 valence electrons. The van der Waals surface area contributed by atoms with Gasteiger partial charge in [-0.3, -0.25) is 23.9 Å². The molecule has 11 nitrogen and oxygen atoms in total. The van der Waals surface area contributed by atoms with Gasteiger partial charge in [-0.1, -0.05) is 32.8 Å². The highest BCUT2D eigenvalue weighted by atomic mass is 19.1. The average Bonchev–Trinajstić information content (AvgIpc) is 3.63. The Kier molecular flexibility index (Phi) is 10.6. The van der Waals surface area contributed by atoms with Crippen LogP contribution in [0.5, 0.6) is 0 Å². The van der Waals surface area contributed by atoms with Gasteiger partial charge in [0, 0.05) is 44.8 Å². The fourth-order valence-corrected chi connectivity index (χ4v) is 6.56. The van der Waals surface area contributed by atoms with E-state index in [0.717, 1.165) is 25.7 Å². The molecule has 0 radical (unpaired) electrons. The second kappa shape index (κ2) is 14.5. The number of aryl methyl sites for hydroxylation is 1. The molecule has 2 aromatic rings. The summed E-state index contributed by atoms with van der Waals surface area (Å²) in [4.78, 5) is 57.0. The van der Waals surface area contributed by atoms with Crippen LogP contribution in [0.15, 0.2) is 30.5 Å². The van der Waals surface area contributed by atoms with Crippen LogP contribution in [-0.2, 0) is 20.9 Å². The van der Waals surface area contributed by atoms with E-state index >= 15 is 4.39 Å². The van der Waals surface area contributed by atoms with Crippen LogP contribution in [0.3, 0.4) is 0 Å². The Balaban J connectivity index is 1.33. The molecule has 47 heavy (non-hydrogen) atoms. The molecule has 0 unspecified atom stereocenters. The Morgan fingerprint density at radius 1 is 1.02 bits per heavy atom. The van der Waals surface area contributed by atoms with Gasteiger partial charge in [0.25, 0.3) is 11.8 Å². The standard InChI is InChI=1S/C34H47F2N7O4/c1-5-43-27(12-15-37-43)30(44)39-29(23-8-6-21(2)7-9-23)31(45)38-26-11-10-24(20-25(26)35)22(3)28(40-33(47)34(36)13-14-34)32(46)42-18-16-41(4)17-19-42/h10-12,15,20-23,28-29H,5-9,13-14,16-19H2,1-4H3,(H,38,45)(H,39,44)(H,40,47)/t21?,22-,23?,28+,29-/m1/s1. The van der Waals surface area contributed by atoms with Gasteiger partial charge in [-0.05, 0) is 75.3 Å². The summed E-state index contributed by atoms with van der Waals surface area (Å²) in [5.74, 6) is -3.12. The van der Waals surface area contributed by atoms with Gasteiger partial charge in [0.1, 0.15) is 23.6 Å². The minimum Gasteiger partial charge on any atom is -0.341 e. The minimum absolute atomic E-state index is 0.0698. The second-order valence-electron chi connectivity index (χ2n) is 13.6. The van der Waals surface area contributed by atoms with Gasteiger partial charge >= 0.3 is 0 Å². The molecule has 2 saturated carbocycles. The number of benzene rings is 1. The summed E-state index contributed by atoms with van der Waals surface area (Å²) in [5.41, 5.74) is -1.29. The molecular weight excluding hydrogens is 608 g/mol. The van der Waals surface area contributed by atoms with Crippen molar-refractivity contribution in [2.45, 2.75) is 89.5 Å². The Hall–Kier alpha value is -3.87. The van der Waals surface area contributed by atoms with Gasteiger partial charge in [0.2, 0.25) is 11.8 Å². The zero-order valence-corrected chi connectivity index (χ0v) is 27.7. The van der Waals surface area contributed by atoms with E-state index in [9.17, 15) is 23.6 Å². The van der Waals surface area contributed by atoms with Crippen molar-refractivity contribution in [3.05, 3.63) is 47.5 Å². The van der Waals surface area contributed by atoms with Crippen LogP contribution in [0, 0.1) is 17.7 Å². The number of nitrogens with one attached hydrogen (secondary N) is 3. The number of alkyl halides is 1. The maximum Gasteiger partial charge on any atom is 0.270 e. The second-order valence-corrected chi connectivity index (χ2v) is 13.6. The highest BCUT2D eigenvalue weighted by molar-refractivity contribution is 6.01. The number of piperazine rings is 1. The molecule has 2 aliphatic carbocycles. The number of carbonyl (C=O) groups is 4. The van der Waals surface area contributed by atoms with Crippen LogP contribution in [0.1, 0.15) is 81.3 Å². The van der Waals surface area contributed by atoms with E-state index in [4.69, 9.17) is 0 Å². The lowest BCUT2D eigenvalue weighted by Gasteiger charge is -2.36. The maximum absolute atomic E-state index is 15.7. The third-order valence-electron chi connectivity index (χ3n) is 10.1. The van der Waals surface area contributed by atoms with Gasteiger partial charge in [-0.15, -0.1) is 0 Å². The quantitative estimate of drug-likeness (QED) is 0.340. The van der Waals surface area contributed by atoms with E-state index < -0.39 is 47.2 Å². The highest BCUT2D eigenvalue weighted by Gasteiger charge is 2.52. The Morgan fingerprint density at radius 2 is 1.70 bits per heavy atom. The zero-order chi connectivity index (χ0) is 33.9. The van der Waals surface area contributed by atoms with Crippen molar-refractivity contribution < 1.29 is 28.0 Å². The number of halogens is 2. The summed E-state index contributed by atoms with van der Waals surface area (Å²) < 4.78 is 31.9. The van der Waals surface area contributed by atoms with Crippen molar-refractivity contribution in [1.82, 2.24) is 30.2 Å². The highest BCUT2D eigenvalue weighted by Crippen LogP contribution is 2.40. The summed E-state index contributed by atoms with van der Waals surface area (Å²) in [6.07, 6.45) is 5.09. The van der Waals surface area contributed by atoms with Crippen molar-refractivity contribution in [2.75, 3.05) is 38.5 Å². The molecule has 4 amide bonds. The number of nitrogens with zero attached hydrogens (tertiary/aromatic N) is 4. The lowest BCUT2D eigenvalue weighted by molar-refractivity contribution is -0.140. The van der Waals surface area contributed by atoms with E-state index in [1.807, 2.05) is 14.0 Å². The van der Waals surface area contributed by atoms with Crippen LogP contribution < -0.4 is 16.0 Å². The molecular formula is C34H47F2N7O4. The summed E-state index contributed by atoms with van der Waals surface area (Å²) in [6, 6.07) is 3.86. The van der Waals surface area contributed by atoms with Gasteiger partial charge < -0.3 is 25.8 Å². The molecule has 1 aliphatic heterocycles. The number of amides is 4. The lowest BCUT2D eigenvalue weighted by atomic mass is 9.79. The third kappa shape index (κ3) is 7.99. The van der Waals surface area contributed by atoms with Crippen molar-refractivity contribution in [3.63, 3.8) is 0 Å². The van der Waals surface area contributed by atoms with Crippen molar-refractivity contribution in [2.24, 2.45) is 11.8 Å². The van der Waals surface area contributed by atoms with E-state index in [1.165, 1.54) is 18.3 Å². The van der Waals surface area contributed by atoms with Crippen LogP contribution >= 0.6 is 0 Å². The number of anilines is 1. The number of carbonyl (C=O) groups excluding carboxylic acids is 4. The van der Waals surface area contributed by atoms with Crippen molar-refractivity contribution in [1.29, 1.82) is 0 Å². The molecule has 1 aromatic heterocycles. The molecule has 1 saturated heterocycles. The summed E-state index contributed by atoms with van der Waals surface area (Å²) in [6.45, 7) is 8.48. The molecule has 13 heteroatoms. The van der Waals surface area contributed by atoms with Crippen molar-refractivity contribution in [3.8, 4) is 0 Å². The summed E-state index contributed by atoms with van der Waals surface area (Å²) in [7, 11) is 1.96. The van der Waals surface area contributed by atoms with Crippen molar-refractivity contribution >= 4 is 29.3 Å². The first kappa shape index (κ1) is 34.5. The molecule has 0 spiro atoms. The summed E-state index contributed by atoms with van der Waals surface area (Å²) in [5, 5.41) is 12.4.